The fourth-order valence-electron chi connectivity index (χ4n) is 3.64. The third-order valence-electron chi connectivity index (χ3n) is 5.11. The van der Waals surface area contributed by atoms with E-state index in [0.29, 0.717) is 6.47 Å². The second kappa shape index (κ2) is 9.96. The van der Waals surface area contributed by atoms with Gasteiger partial charge < -0.3 is 14.3 Å². The summed E-state index contributed by atoms with van der Waals surface area (Å²) in [7, 11) is -2.78. The predicted molar refractivity (Wildman–Crippen MR) is 116 cm³/mol. The van der Waals surface area contributed by atoms with Crippen LogP contribution in [0.15, 0.2) is 60.7 Å². The quantitative estimate of drug-likeness (QED) is 0.478. The van der Waals surface area contributed by atoms with Crippen molar-refractivity contribution in [1.82, 2.24) is 0 Å². The van der Waals surface area contributed by atoms with Crippen LogP contribution in [0, 0.1) is 0 Å². The lowest BCUT2D eigenvalue weighted by Crippen LogP contribution is -2.67. The Hall–Kier alpha value is -2.28. The van der Waals surface area contributed by atoms with Gasteiger partial charge in [-0.15, -0.1) is 0 Å². The Morgan fingerprint density at radius 2 is 1.52 bits per heavy atom. The second-order valence-corrected chi connectivity index (χ2v) is 12.5. The first-order valence-electron chi connectivity index (χ1n) is 9.75. The third-order valence-corrected chi connectivity index (χ3v) is 10.1. The molecular formula is C23H30O5Si. The van der Waals surface area contributed by atoms with Crippen molar-refractivity contribution in [2.75, 3.05) is 6.61 Å². The zero-order valence-corrected chi connectivity index (χ0v) is 18.5. The lowest BCUT2D eigenvalue weighted by atomic mass is 10.1. The van der Waals surface area contributed by atoms with Crippen molar-refractivity contribution in [1.29, 1.82) is 0 Å². The summed E-state index contributed by atoms with van der Waals surface area (Å²) in [6.07, 6.45) is -1.90. The van der Waals surface area contributed by atoms with Crippen LogP contribution >= 0.6 is 0 Å². The van der Waals surface area contributed by atoms with Crippen molar-refractivity contribution < 1.29 is 23.9 Å². The molecule has 0 radical (unpaired) electrons. The zero-order chi connectivity index (χ0) is 21.5. The minimum atomic E-state index is -2.78. The molecule has 0 bridgehead atoms. The number of benzene rings is 2. The summed E-state index contributed by atoms with van der Waals surface area (Å²) in [6, 6.07) is 20.2. The Morgan fingerprint density at radius 1 is 1.03 bits per heavy atom. The van der Waals surface area contributed by atoms with E-state index in [1.165, 1.54) is 6.92 Å². The van der Waals surface area contributed by atoms with E-state index in [-0.39, 0.29) is 23.8 Å². The van der Waals surface area contributed by atoms with Crippen LogP contribution in [0.3, 0.4) is 0 Å². The Kier molecular flexibility index (Phi) is 7.90. The first-order valence-corrected chi connectivity index (χ1v) is 11.7. The van der Waals surface area contributed by atoms with Gasteiger partial charge in [-0.25, -0.2) is 0 Å². The Morgan fingerprint density at radius 3 is 1.90 bits per heavy atom. The maximum Gasteiger partial charge on any atom is 0.293 e. The molecule has 0 amide bonds. The molecule has 0 saturated heterocycles. The molecule has 0 spiro atoms. The molecule has 0 aliphatic rings. The summed E-state index contributed by atoms with van der Waals surface area (Å²) in [5.74, 6) is -0.366. The van der Waals surface area contributed by atoms with Crippen LogP contribution in [-0.2, 0) is 18.8 Å². The van der Waals surface area contributed by atoms with Crippen molar-refractivity contribution in [2.24, 2.45) is 0 Å². The van der Waals surface area contributed by atoms with Gasteiger partial charge in [-0.05, 0) is 22.3 Å². The second-order valence-electron chi connectivity index (χ2n) is 8.19. The number of hydrogen-bond donors (Lipinski definition) is 1. The van der Waals surface area contributed by atoms with E-state index in [1.54, 1.807) is 0 Å². The maximum absolute atomic E-state index is 11.5. The molecule has 0 aromatic heterocycles. The summed E-state index contributed by atoms with van der Waals surface area (Å²) in [4.78, 5) is 22.5. The van der Waals surface area contributed by atoms with Gasteiger partial charge in [0, 0.05) is 6.42 Å². The number of carbonyl (C=O) groups excluding carboxylic acids is 2. The van der Waals surface area contributed by atoms with Gasteiger partial charge in [-0.1, -0.05) is 81.4 Å². The number of aliphatic hydroxyl groups is 1. The SMILES string of the molecule is CC(=O)C(O)CC(CO[Si](c1ccccc1)(c1ccccc1)C(C)(C)C)OC=O. The first kappa shape index (κ1) is 23.0. The van der Waals surface area contributed by atoms with Crippen molar-refractivity contribution >= 4 is 30.9 Å². The molecule has 2 aromatic carbocycles. The van der Waals surface area contributed by atoms with Crippen LogP contribution < -0.4 is 10.4 Å². The smallest absolute Gasteiger partial charge is 0.293 e. The molecule has 5 nitrogen and oxygen atoms in total. The number of carbonyl (C=O) groups is 2. The average molecular weight is 415 g/mol. The van der Waals surface area contributed by atoms with Crippen LogP contribution in [0.2, 0.25) is 5.04 Å². The molecule has 0 fully saturated rings. The summed E-state index contributed by atoms with van der Waals surface area (Å²) in [5, 5.41) is 11.9. The van der Waals surface area contributed by atoms with Crippen molar-refractivity contribution in [2.45, 2.75) is 51.4 Å². The Balaban J connectivity index is 2.47. The lowest BCUT2D eigenvalue weighted by molar-refractivity contribution is -0.139. The van der Waals surface area contributed by atoms with Crippen LogP contribution in [0.1, 0.15) is 34.1 Å². The van der Waals surface area contributed by atoms with Crippen LogP contribution in [-0.4, -0.2) is 44.5 Å². The van der Waals surface area contributed by atoms with Crippen molar-refractivity contribution in [3.63, 3.8) is 0 Å². The fourth-order valence-corrected chi connectivity index (χ4v) is 8.23. The van der Waals surface area contributed by atoms with E-state index >= 15 is 0 Å². The largest absolute Gasteiger partial charge is 0.462 e. The fraction of sp³-hybridized carbons (Fsp3) is 0.391. The normalized spacial score (nSPS) is 14.1. The van der Waals surface area contributed by atoms with E-state index in [4.69, 9.17) is 9.16 Å². The third kappa shape index (κ3) is 5.41. The van der Waals surface area contributed by atoms with Crippen LogP contribution in [0.25, 0.3) is 0 Å². The number of aliphatic hydroxyl groups excluding tert-OH is 1. The minimum absolute atomic E-state index is 0.00623. The molecule has 2 rings (SSSR count). The Labute approximate surface area is 173 Å². The first-order chi connectivity index (χ1) is 13.7. The molecule has 2 unspecified atom stereocenters. The maximum atomic E-state index is 11.5. The molecule has 0 saturated carbocycles. The summed E-state index contributed by atoms with van der Waals surface area (Å²) < 4.78 is 11.8. The van der Waals surface area contributed by atoms with Crippen molar-refractivity contribution in [3.05, 3.63) is 60.7 Å². The van der Waals surface area contributed by atoms with E-state index in [2.05, 4.69) is 45.0 Å². The predicted octanol–water partition coefficient (Wildman–Crippen LogP) is 2.44. The highest BCUT2D eigenvalue weighted by atomic mass is 28.4. The van der Waals surface area contributed by atoms with Crippen molar-refractivity contribution in [3.8, 4) is 0 Å². The van der Waals surface area contributed by atoms with Gasteiger partial charge >= 0.3 is 0 Å². The van der Waals surface area contributed by atoms with E-state index in [1.807, 2.05) is 36.4 Å². The summed E-state index contributed by atoms with van der Waals surface area (Å²) in [5.41, 5.74) is 0. The van der Waals surface area contributed by atoms with Gasteiger partial charge in [-0.3, -0.25) is 9.59 Å². The molecule has 0 aliphatic carbocycles. The summed E-state index contributed by atoms with van der Waals surface area (Å²) in [6.45, 7) is 8.20. The van der Waals surface area contributed by atoms with Crippen LogP contribution in [0.4, 0.5) is 0 Å². The topological polar surface area (TPSA) is 72.8 Å². The van der Waals surface area contributed by atoms with Gasteiger partial charge in [0.05, 0.1) is 6.61 Å². The minimum Gasteiger partial charge on any atom is -0.462 e. The molecule has 2 atom stereocenters. The number of ketones is 1. The number of rotatable bonds is 10. The molecular weight excluding hydrogens is 384 g/mol. The van der Waals surface area contributed by atoms with E-state index in [9.17, 15) is 14.7 Å². The molecule has 156 valence electrons. The summed E-state index contributed by atoms with van der Waals surface area (Å²) >= 11 is 0. The van der Waals surface area contributed by atoms with Gasteiger partial charge in [0.25, 0.3) is 14.8 Å². The molecule has 0 aliphatic heterocycles. The molecule has 1 N–H and O–H groups in total. The average Bonchev–Trinajstić information content (AvgIpc) is 2.69. The molecule has 2 aromatic rings. The van der Waals surface area contributed by atoms with Gasteiger partial charge in [-0.2, -0.15) is 0 Å². The Bertz CT molecular complexity index is 746. The van der Waals surface area contributed by atoms with E-state index < -0.39 is 20.5 Å². The molecule has 0 heterocycles. The highest BCUT2D eigenvalue weighted by molar-refractivity contribution is 6.99. The highest BCUT2D eigenvalue weighted by Crippen LogP contribution is 2.37. The number of ether oxygens (including phenoxy) is 1. The zero-order valence-electron chi connectivity index (χ0n) is 17.5. The standard InChI is InChI=1S/C23H30O5Si/c1-18(25)22(26)15-19(27-17-24)16-28-29(23(2,3)4,20-11-7-5-8-12-20)21-13-9-6-10-14-21/h5-14,17,19,22,26H,15-16H2,1-4H3. The highest BCUT2D eigenvalue weighted by Gasteiger charge is 2.50. The van der Waals surface area contributed by atoms with Gasteiger partial charge in [0.1, 0.15) is 12.2 Å². The lowest BCUT2D eigenvalue weighted by Gasteiger charge is -2.43. The monoisotopic (exact) mass is 414 g/mol. The molecule has 29 heavy (non-hydrogen) atoms. The number of hydrogen-bond acceptors (Lipinski definition) is 5. The van der Waals surface area contributed by atoms with E-state index in [0.717, 1.165) is 10.4 Å². The molecule has 6 heteroatoms. The van der Waals surface area contributed by atoms with Gasteiger partial charge in [0.2, 0.25) is 0 Å². The van der Waals surface area contributed by atoms with Gasteiger partial charge in [0.15, 0.2) is 5.78 Å². The number of Topliss-reactive ketones (excluding diaryl/α,β-unsaturated/α-hetero) is 1. The van der Waals surface area contributed by atoms with Crippen LogP contribution in [0.5, 0.6) is 0 Å².